The molecule has 1 aliphatic rings. The average molecular weight is 608 g/mol. The summed E-state index contributed by atoms with van der Waals surface area (Å²) in [4.78, 5) is 30.8. The zero-order valence-corrected chi connectivity index (χ0v) is 24.4. The number of hydrogen-bond acceptors (Lipinski definition) is 9. The average Bonchev–Trinajstić information content (AvgIpc) is 3.26. The summed E-state index contributed by atoms with van der Waals surface area (Å²) in [6, 6.07) is 8.53. The number of thiazole rings is 1. The van der Waals surface area contributed by atoms with Gasteiger partial charge in [0.2, 0.25) is 15.8 Å². The number of sulfonamides is 1. The van der Waals surface area contributed by atoms with Gasteiger partial charge in [0.05, 0.1) is 10.5 Å². The monoisotopic (exact) mass is 607 g/mol. The van der Waals surface area contributed by atoms with E-state index >= 15 is 0 Å². The molecule has 0 radical (unpaired) electrons. The molecule has 1 atom stereocenters. The molecule has 0 spiro atoms. The molecule has 1 saturated heterocycles. The number of ether oxygens (including phenoxy) is 1. The van der Waals surface area contributed by atoms with Gasteiger partial charge >= 0.3 is 6.09 Å². The molecule has 2 aromatic carbocycles. The highest BCUT2D eigenvalue weighted by Gasteiger charge is 2.31. The summed E-state index contributed by atoms with van der Waals surface area (Å²) in [6.07, 6.45) is 1.87. The topological polar surface area (TPSA) is 144 Å². The molecule has 4 rings (SSSR count). The second-order valence-electron chi connectivity index (χ2n) is 10.5. The summed E-state index contributed by atoms with van der Waals surface area (Å²) >= 11 is 0.811. The number of amides is 1. The molecular weight excluding hydrogens is 576 g/mol. The SMILES string of the molecule is CC(C)(C)OC(=O)N1CCCCC1CNS(=O)(=O)c1ccc(Nc2nc(N)c(C(=O)c3c(F)cccc3F)s2)cc1. The molecule has 0 bridgehead atoms. The molecule has 1 unspecified atom stereocenters. The molecule has 0 aliphatic carbocycles. The molecule has 1 aromatic heterocycles. The van der Waals surface area contributed by atoms with E-state index in [0.29, 0.717) is 18.7 Å². The number of nitrogens with zero attached hydrogens (tertiary/aromatic N) is 2. The highest BCUT2D eigenvalue weighted by molar-refractivity contribution is 7.89. The van der Waals surface area contributed by atoms with Gasteiger partial charge in [-0.15, -0.1) is 0 Å². The minimum absolute atomic E-state index is 0.00669. The highest BCUT2D eigenvalue weighted by atomic mass is 32.2. The van der Waals surface area contributed by atoms with Crippen LogP contribution in [0.25, 0.3) is 0 Å². The molecule has 2 heterocycles. The van der Waals surface area contributed by atoms with E-state index in [-0.39, 0.29) is 33.3 Å². The minimum Gasteiger partial charge on any atom is -0.444 e. The largest absolute Gasteiger partial charge is 0.444 e. The van der Waals surface area contributed by atoms with Crippen molar-refractivity contribution in [3.63, 3.8) is 0 Å². The summed E-state index contributed by atoms with van der Waals surface area (Å²) in [5.41, 5.74) is 4.90. The van der Waals surface area contributed by atoms with E-state index in [1.807, 2.05) is 0 Å². The third-order valence-corrected chi connectivity index (χ3v) is 8.65. The lowest BCUT2D eigenvalue weighted by atomic mass is 10.0. The lowest BCUT2D eigenvalue weighted by Gasteiger charge is -2.36. The van der Waals surface area contributed by atoms with Crippen LogP contribution in [0.15, 0.2) is 47.4 Å². The van der Waals surface area contributed by atoms with Crippen molar-refractivity contribution in [2.75, 3.05) is 24.1 Å². The normalized spacial score (nSPS) is 15.9. The standard InChI is InChI=1S/C27H31F2N5O5S2/c1-27(2,3)39-26(36)34-14-5-4-7-17(34)15-31-41(37,38)18-12-10-16(11-13-18)32-25-33-24(30)23(40-25)22(35)21-19(28)8-6-9-20(21)29/h6,8-13,17,31H,4-5,7,14-15,30H2,1-3H3,(H,32,33). The Kier molecular flexibility index (Phi) is 8.94. The van der Waals surface area contributed by atoms with E-state index in [1.165, 1.54) is 24.3 Å². The Labute approximate surface area is 241 Å². The Morgan fingerprint density at radius 2 is 1.78 bits per heavy atom. The maximum atomic E-state index is 14.1. The Balaban J connectivity index is 1.41. The Morgan fingerprint density at radius 3 is 2.41 bits per heavy atom. The van der Waals surface area contributed by atoms with Gasteiger partial charge < -0.3 is 20.7 Å². The molecule has 1 aliphatic heterocycles. The first kappa shape index (κ1) is 30.3. The second kappa shape index (κ2) is 12.1. The lowest BCUT2D eigenvalue weighted by Crippen LogP contribution is -2.50. The van der Waals surface area contributed by atoms with Crippen LogP contribution in [0.1, 0.15) is 55.3 Å². The third kappa shape index (κ3) is 7.37. The van der Waals surface area contributed by atoms with Crippen molar-refractivity contribution >= 4 is 49.9 Å². The van der Waals surface area contributed by atoms with Crippen molar-refractivity contribution in [2.45, 2.75) is 56.6 Å². The lowest BCUT2D eigenvalue weighted by molar-refractivity contribution is 0.0105. The van der Waals surface area contributed by atoms with Gasteiger partial charge in [0, 0.05) is 24.8 Å². The van der Waals surface area contributed by atoms with Crippen LogP contribution in [0, 0.1) is 11.6 Å². The zero-order valence-electron chi connectivity index (χ0n) is 22.7. The number of nitrogens with two attached hydrogens (primary N) is 1. The molecule has 10 nitrogen and oxygen atoms in total. The van der Waals surface area contributed by atoms with Gasteiger partial charge in [-0.25, -0.2) is 31.7 Å². The van der Waals surface area contributed by atoms with E-state index < -0.39 is 44.7 Å². The molecule has 41 heavy (non-hydrogen) atoms. The van der Waals surface area contributed by atoms with Crippen LogP contribution in [0.2, 0.25) is 0 Å². The fraction of sp³-hybridized carbons (Fsp3) is 0.370. The maximum Gasteiger partial charge on any atom is 0.410 e. The van der Waals surface area contributed by atoms with Gasteiger partial charge in [-0.1, -0.05) is 17.4 Å². The van der Waals surface area contributed by atoms with Gasteiger partial charge in [0.25, 0.3) is 0 Å². The predicted molar refractivity (Wildman–Crippen MR) is 152 cm³/mol. The number of halogens is 2. The zero-order chi connectivity index (χ0) is 29.9. The number of hydrogen-bond donors (Lipinski definition) is 3. The van der Waals surface area contributed by atoms with Crippen molar-refractivity contribution in [1.29, 1.82) is 0 Å². The van der Waals surface area contributed by atoms with Crippen LogP contribution < -0.4 is 15.8 Å². The van der Waals surface area contributed by atoms with Gasteiger partial charge in [-0.3, -0.25) is 4.79 Å². The number of benzene rings is 2. The Hall–Kier alpha value is -3.62. The van der Waals surface area contributed by atoms with Gasteiger partial charge in [-0.2, -0.15) is 0 Å². The molecule has 0 saturated carbocycles. The molecule has 3 aromatic rings. The van der Waals surface area contributed by atoms with Gasteiger partial charge in [-0.05, 0) is 76.4 Å². The fourth-order valence-electron chi connectivity index (χ4n) is 4.28. The Bertz CT molecular complexity index is 1520. The van der Waals surface area contributed by atoms with Gasteiger partial charge in [0.1, 0.15) is 27.9 Å². The van der Waals surface area contributed by atoms with Crippen LogP contribution in [0.4, 0.5) is 30.2 Å². The van der Waals surface area contributed by atoms with E-state index in [1.54, 1.807) is 25.7 Å². The molecule has 220 valence electrons. The maximum absolute atomic E-state index is 14.1. The fourth-order valence-corrected chi connectivity index (χ4v) is 6.20. The first-order valence-electron chi connectivity index (χ1n) is 12.9. The van der Waals surface area contributed by atoms with Crippen LogP contribution in [-0.4, -0.2) is 54.9 Å². The van der Waals surface area contributed by atoms with E-state index in [4.69, 9.17) is 10.5 Å². The summed E-state index contributed by atoms with van der Waals surface area (Å²) in [5.74, 6) is -3.15. The van der Waals surface area contributed by atoms with E-state index in [0.717, 1.165) is 42.4 Å². The predicted octanol–water partition coefficient (Wildman–Crippen LogP) is 5.05. The number of piperidine rings is 1. The first-order chi connectivity index (χ1) is 19.2. The number of aromatic nitrogens is 1. The van der Waals surface area contributed by atoms with Crippen LogP contribution in [0.3, 0.4) is 0 Å². The van der Waals surface area contributed by atoms with Crippen molar-refractivity contribution in [3.8, 4) is 0 Å². The third-order valence-electron chi connectivity index (χ3n) is 6.23. The smallest absolute Gasteiger partial charge is 0.410 e. The molecular formula is C27H31F2N5O5S2. The summed E-state index contributed by atoms with van der Waals surface area (Å²) in [5, 5.41) is 3.09. The summed E-state index contributed by atoms with van der Waals surface area (Å²) < 4.78 is 62.1. The molecule has 1 amide bonds. The second-order valence-corrected chi connectivity index (χ2v) is 13.2. The number of likely N-dealkylation sites (tertiary alicyclic amines) is 1. The molecule has 4 N–H and O–H groups in total. The number of carbonyl (C=O) groups excluding carboxylic acids is 2. The molecule has 1 fully saturated rings. The first-order valence-corrected chi connectivity index (χ1v) is 15.2. The van der Waals surface area contributed by atoms with Gasteiger partial charge in [0.15, 0.2) is 5.13 Å². The van der Waals surface area contributed by atoms with Crippen LogP contribution >= 0.6 is 11.3 Å². The van der Waals surface area contributed by atoms with Crippen LogP contribution in [0.5, 0.6) is 0 Å². The summed E-state index contributed by atoms with van der Waals surface area (Å²) in [7, 11) is -3.89. The number of nitrogens with one attached hydrogen (secondary N) is 2. The van der Waals surface area contributed by atoms with E-state index in [9.17, 15) is 26.8 Å². The van der Waals surface area contributed by atoms with Crippen molar-refractivity contribution in [2.24, 2.45) is 0 Å². The van der Waals surface area contributed by atoms with Crippen LogP contribution in [-0.2, 0) is 14.8 Å². The summed E-state index contributed by atoms with van der Waals surface area (Å²) in [6.45, 7) is 5.87. The number of rotatable bonds is 8. The number of anilines is 3. The number of nitrogen functional groups attached to an aromatic ring is 1. The van der Waals surface area contributed by atoms with Crippen molar-refractivity contribution in [3.05, 3.63) is 64.5 Å². The quantitative estimate of drug-likeness (QED) is 0.302. The minimum atomic E-state index is -3.89. The molecule has 14 heteroatoms. The van der Waals surface area contributed by atoms with Crippen molar-refractivity contribution < 1.29 is 31.5 Å². The number of ketones is 1. The highest BCUT2D eigenvalue weighted by Crippen LogP contribution is 2.31. The van der Waals surface area contributed by atoms with Crippen molar-refractivity contribution in [1.82, 2.24) is 14.6 Å². The number of carbonyl (C=O) groups is 2. The Morgan fingerprint density at radius 1 is 1.12 bits per heavy atom. The van der Waals surface area contributed by atoms with E-state index in [2.05, 4.69) is 15.0 Å².